The van der Waals surface area contributed by atoms with Crippen molar-refractivity contribution in [2.24, 2.45) is 0 Å². The molecule has 2 heteroatoms. The van der Waals surface area contributed by atoms with Crippen LogP contribution in [0, 0.1) is 0 Å². The zero-order chi connectivity index (χ0) is 11.9. The fourth-order valence-corrected chi connectivity index (χ4v) is 2.45. The first kappa shape index (κ1) is 12.2. The quantitative estimate of drug-likeness (QED) is 0.748. The first-order valence-electron chi connectivity index (χ1n) is 6.55. The minimum Gasteiger partial charge on any atom is -0.489 e. The molecule has 2 rings (SSSR count). The van der Waals surface area contributed by atoms with Crippen LogP contribution in [0.4, 0.5) is 0 Å². The molecule has 1 aromatic rings. The van der Waals surface area contributed by atoms with Crippen molar-refractivity contribution in [3.8, 4) is 5.75 Å². The molecule has 17 heavy (non-hydrogen) atoms. The first-order valence-corrected chi connectivity index (χ1v) is 6.55. The summed E-state index contributed by atoms with van der Waals surface area (Å²) in [5.74, 6) is 1.00. The number of rotatable bonds is 6. The molecule has 0 unspecified atom stereocenters. The fraction of sp³-hybridized carbons (Fsp3) is 0.467. The average molecular weight is 232 g/mol. The Bertz CT molecular complexity index is 356. The van der Waals surface area contributed by atoms with Crippen molar-refractivity contribution in [3.63, 3.8) is 0 Å². The van der Waals surface area contributed by atoms with Gasteiger partial charge in [0.1, 0.15) is 18.9 Å². The number of para-hydroxylation sites is 1. The predicted octanol–water partition coefficient (Wildman–Crippen LogP) is 2.26. The maximum atomic E-state index is 5.66. The van der Waals surface area contributed by atoms with Gasteiger partial charge in [-0.1, -0.05) is 24.8 Å². The van der Waals surface area contributed by atoms with E-state index in [0.717, 1.165) is 18.3 Å². The highest BCUT2D eigenvalue weighted by molar-refractivity contribution is 5.32. The van der Waals surface area contributed by atoms with Crippen LogP contribution in [0.2, 0.25) is 0 Å². The Morgan fingerprint density at radius 1 is 1.29 bits per heavy atom. The molecule has 1 aromatic carbocycles. The van der Waals surface area contributed by atoms with Gasteiger partial charge in [0.15, 0.2) is 0 Å². The van der Waals surface area contributed by atoms with Crippen LogP contribution >= 0.6 is 0 Å². The lowest BCUT2D eigenvalue weighted by Crippen LogP contribution is -2.87. The van der Waals surface area contributed by atoms with Gasteiger partial charge in [-0.15, -0.1) is 0 Å². The minimum atomic E-state index is 0.584. The summed E-state index contributed by atoms with van der Waals surface area (Å²) in [4.78, 5) is 0. The maximum Gasteiger partial charge on any atom is 0.128 e. The van der Waals surface area contributed by atoms with E-state index in [4.69, 9.17) is 4.74 Å². The molecule has 0 heterocycles. The molecule has 0 atom stereocenters. The maximum absolute atomic E-state index is 5.66. The largest absolute Gasteiger partial charge is 0.489 e. The van der Waals surface area contributed by atoms with Crippen LogP contribution in [0.5, 0.6) is 5.75 Å². The van der Waals surface area contributed by atoms with Crippen LogP contribution in [-0.4, -0.2) is 12.6 Å². The summed E-state index contributed by atoms with van der Waals surface area (Å²) >= 11 is 0. The van der Waals surface area contributed by atoms with Crippen molar-refractivity contribution in [2.75, 3.05) is 6.61 Å². The molecule has 0 amide bonds. The van der Waals surface area contributed by atoms with Gasteiger partial charge in [-0.3, -0.25) is 0 Å². The summed E-state index contributed by atoms with van der Waals surface area (Å²) in [5, 5.41) is 2.46. The van der Waals surface area contributed by atoms with Crippen molar-refractivity contribution < 1.29 is 10.1 Å². The van der Waals surface area contributed by atoms with Crippen LogP contribution in [0.1, 0.15) is 31.2 Å². The molecule has 1 aliphatic rings. The van der Waals surface area contributed by atoms with Crippen LogP contribution in [0.3, 0.4) is 0 Å². The summed E-state index contributed by atoms with van der Waals surface area (Å²) in [6.45, 7) is 5.29. The zero-order valence-electron chi connectivity index (χ0n) is 10.4. The molecular weight excluding hydrogens is 210 g/mol. The molecule has 0 bridgehead atoms. The predicted molar refractivity (Wildman–Crippen MR) is 70.0 cm³/mol. The molecule has 1 fully saturated rings. The fourth-order valence-electron chi connectivity index (χ4n) is 2.45. The van der Waals surface area contributed by atoms with Crippen LogP contribution < -0.4 is 10.1 Å². The third kappa shape index (κ3) is 3.60. The van der Waals surface area contributed by atoms with E-state index in [1.54, 1.807) is 6.08 Å². The Labute approximate surface area is 104 Å². The van der Waals surface area contributed by atoms with Gasteiger partial charge in [0.2, 0.25) is 0 Å². The third-order valence-electron chi connectivity index (χ3n) is 3.40. The Hall–Kier alpha value is -1.28. The summed E-state index contributed by atoms with van der Waals surface area (Å²) in [6, 6.07) is 9.13. The summed E-state index contributed by atoms with van der Waals surface area (Å²) in [5.41, 5.74) is 1.29. The molecule has 0 spiro atoms. The molecular formula is C15H22NO+. The number of hydrogen-bond donors (Lipinski definition) is 1. The SMILES string of the molecule is C=CCOc1ccccc1C[NH2+]C1CCCC1. The number of nitrogens with two attached hydrogens (primary N) is 1. The van der Waals surface area contributed by atoms with E-state index in [0.29, 0.717) is 6.61 Å². The van der Waals surface area contributed by atoms with Gasteiger partial charge in [0.25, 0.3) is 0 Å². The van der Waals surface area contributed by atoms with Crippen LogP contribution in [0.15, 0.2) is 36.9 Å². The molecule has 2 N–H and O–H groups in total. The third-order valence-corrected chi connectivity index (χ3v) is 3.40. The van der Waals surface area contributed by atoms with E-state index in [9.17, 15) is 0 Å². The van der Waals surface area contributed by atoms with Gasteiger partial charge in [-0.25, -0.2) is 0 Å². The number of ether oxygens (including phenoxy) is 1. The first-order chi connectivity index (χ1) is 8.40. The van der Waals surface area contributed by atoms with Gasteiger partial charge in [-0.2, -0.15) is 0 Å². The summed E-state index contributed by atoms with van der Waals surface area (Å²) in [6.07, 6.45) is 7.33. The van der Waals surface area contributed by atoms with Crippen molar-refractivity contribution in [1.82, 2.24) is 0 Å². The molecule has 2 nitrogen and oxygen atoms in total. The summed E-state index contributed by atoms with van der Waals surface area (Å²) < 4.78 is 5.66. The number of benzene rings is 1. The van der Waals surface area contributed by atoms with E-state index < -0.39 is 0 Å². The van der Waals surface area contributed by atoms with Gasteiger partial charge in [0.05, 0.1) is 6.04 Å². The monoisotopic (exact) mass is 232 g/mol. The minimum absolute atomic E-state index is 0.584. The average Bonchev–Trinajstić information content (AvgIpc) is 2.88. The number of quaternary nitrogens is 1. The lowest BCUT2D eigenvalue weighted by atomic mass is 10.1. The van der Waals surface area contributed by atoms with E-state index in [1.165, 1.54) is 31.2 Å². The summed E-state index contributed by atoms with van der Waals surface area (Å²) in [7, 11) is 0. The van der Waals surface area contributed by atoms with Gasteiger partial charge >= 0.3 is 0 Å². The second-order valence-electron chi connectivity index (χ2n) is 4.69. The topological polar surface area (TPSA) is 25.8 Å². The van der Waals surface area contributed by atoms with E-state index in [-0.39, 0.29) is 0 Å². The highest BCUT2D eigenvalue weighted by Gasteiger charge is 2.18. The Kier molecular flexibility index (Phi) is 4.63. The van der Waals surface area contributed by atoms with E-state index in [2.05, 4.69) is 24.0 Å². The van der Waals surface area contributed by atoms with Crippen LogP contribution in [0.25, 0.3) is 0 Å². The Morgan fingerprint density at radius 2 is 2.06 bits per heavy atom. The highest BCUT2D eigenvalue weighted by atomic mass is 16.5. The highest BCUT2D eigenvalue weighted by Crippen LogP contribution is 2.18. The lowest BCUT2D eigenvalue weighted by Gasteiger charge is -2.12. The van der Waals surface area contributed by atoms with Crippen LogP contribution in [-0.2, 0) is 6.54 Å². The molecule has 0 aliphatic heterocycles. The van der Waals surface area contributed by atoms with Crippen molar-refractivity contribution in [3.05, 3.63) is 42.5 Å². The lowest BCUT2D eigenvalue weighted by molar-refractivity contribution is -0.703. The molecule has 0 saturated heterocycles. The second kappa shape index (κ2) is 6.45. The second-order valence-corrected chi connectivity index (χ2v) is 4.69. The molecule has 92 valence electrons. The van der Waals surface area contributed by atoms with E-state index >= 15 is 0 Å². The molecule has 0 aromatic heterocycles. The molecule has 1 saturated carbocycles. The molecule has 1 aliphatic carbocycles. The van der Waals surface area contributed by atoms with Crippen molar-refractivity contribution in [2.45, 2.75) is 38.3 Å². The van der Waals surface area contributed by atoms with E-state index in [1.807, 2.05) is 12.1 Å². The van der Waals surface area contributed by atoms with Gasteiger partial charge in [-0.05, 0) is 37.8 Å². The zero-order valence-corrected chi connectivity index (χ0v) is 10.4. The molecule has 0 radical (unpaired) electrons. The van der Waals surface area contributed by atoms with Gasteiger partial charge in [0, 0.05) is 5.56 Å². The Balaban J connectivity index is 1.91. The van der Waals surface area contributed by atoms with Crippen molar-refractivity contribution in [1.29, 1.82) is 0 Å². The smallest absolute Gasteiger partial charge is 0.128 e. The van der Waals surface area contributed by atoms with Gasteiger partial charge < -0.3 is 10.1 Å². The number of hydrogen-bond acceptors (Lipinski definition) is 1. The standard InChI is InChI=1S/C15H21NO/c1-2-11-17-15-10-6-3-7-13(15)12-16-14-8-4-5-9-14/h2-3,6-7,10,14,16H,1,4-5,8-9,11-12H2/p+1. The van der Waals surface area contributed by atoms with Crippen molar-refractivity contribution >= 4 is 0 Å². The normalized spacial score (nSPS) is 16.0. The Morgan fingerprint density at radius 3 is 2.82 bits per heavy atom.